The van der Waals surface area contributed by atoms with Crippen LogP contribution >= 0.6 is 11.3 Å². The summed E-state index contributed by atoms with van der Waals surface area (Å²) in [6.07, 6.45) is 1.71. The number of alkyl halides is 2. The standard InChI is InChI=1S/C16H19F2N5O2S/c17-13(18)24-11-2-1-10-12(21-11)26-15(20-10)23-8-16(25-14(23)19)7-22-5-3-9(16)4-6-22/h1-2,9,13-14H,3-8,19H2. The maximum atomic E-state index is 12.4. The fraction of sp³-hybridized carbons (Fsp3) is 0.625. The van der Waals surface area contributed by atoms with Gasteiger partial charge in [-0.25, -0.2) is 9.97 Å². The van der Waals surface area contributed by atoms with Crippen LogP contribution in [-0.4, -0.2) is 59.6 Å². The van der Waals surface area contributed by atoms with E-state index in [0.29, 0.717) is 27.9 Å². The summed E-state index contributed by atoms with van der Waals surface area (Å²) in [6, 6.07) is 3.03. The Morgan fingerprint density at radius 3 is 2.77 bits per heavy atom. The first-order chi connectivity index (χ1) is 12.5. The van der Waals surface area contributed by atoms with Crippen LogP contribution in [0.25, 0.3) is 10.3 Å². The number of thiazole rings is 1. The topological polar surface area (TPSA) is 76.7 Å². The number of nitrogens with zero attached hydrogens (tertiary/aromatic N) is 4. The Labute approximate surface area is 152 Å². The van der Waals surface area contributed by atoms with Crippen LogP contribution in [-0.2, 0) is 4.74 Å². The number of anilines is 1. The van der Waals surface area contributed by atoms with Crippen molar-refractivity contribution in [2.75, 3.05) is 31.1 Å². The third-order valence-corrected chi connectivity index (χ3v) is 6.60. The number of rotatable bonds is 3. The van der Waals surface area contributed by atoms with Gasteiger partial charge in [0.25, 0.3) is 0 Å². The zero-order valence-electron chi connectivity index (χ0n) is 14.0. The lowest BCUT2D eigenvalue weighted by atomic mass is 9.75. The van der Waals surface area contributed by atoms with Crippen molar-refractivity contribution in [1.29, 1.82) is 0 Å². The molecule has 0 aromatic carbocycles. The molecule has 6 heterocycles. The molecule has 7 nitrogen and oxygen atoms in total. The summed E-state index contributed by atoms with van der Waals surface area (Å²) in [7, 11) is 0. The lowest BCUT2D eigenvalue weighted by Crippen LogP contribution is -2.61. The second kappa shape index (κ2) is 5.95. The predicted molar refractivity (Wildman–Crippen MR) is 92.3 cm³/mol. The van der Waals surface area contributed by atoms with Crippen LogP contribution in [0, 0.1) is 5.92 Å². The summed E-state index contributed by atoms with van der Waals surface area (Å²) in [4.78, 5) is 13.6. The molecule has 4 aliphatic rings. The molecule has 26 heavy (non-hydrogen) atoms. The maximum Gasteiger partial charge on any atom is 0.388 e. The second-order valence-electron chi connectivity index (χ2n) is 7.10. The number of hydrogen-bond acceptors (Lipinski definition) is 8. The highest BCUT2D eigenvalue weighted by molar-refractivity contribution is 7.21. The van der Waals surface area contributed by atoms with Crippen LogP contribution < -0.4 is 15.4 Å². The van der Waals surface area contributed by atoms with Crippen LogP contribution in [0.1, 0.15) is 12.8 Å². The van der Waals surface area contributed by atoms with Crippen LogP contribution in [0.2, 0.25) is 0 Å². The fourth-order valence-electron chi connectivity index (χ4n) is 4.40. The molecule has 1 spiro atoms. The minimum absolute atomic E-state index is 0.112. The van der Waals surface area contributed by atoms with E-state index in [1.54, 1.807) is 6.07 Å². The van der Waals surface area contributed by atoms with Gasteiger partial charge in [0.2, 0.25) is 5.88 Å². The zero-order valence-corrected chi connectivity index (χ0v) is 14.8. The Balaban J connectivity index is 1.42. The Kier molecular flexibility index (Phi) is 3.78. The highest BCUT2D eigenvalue weighted by atomic mass is 32.1. The van der Waals surface area contributed by atoms with Crippen molar-refractivity contribution in [2.24, 2.45) is 11.7 Å². The quantitative estimate of drug-likeness (QED) is 0.867. The number of aromatic nitrogens is 2. The average Bonchev–Trinajstić information content (AvgIpc) is 3.16. The Bertz CT molecular complexity index is 828. The lowest BCUT2D eigenvalue weighted by molar-refractivity contribution is -0.137. The van der Waals surface area contributed by atoms with Gasteiger partial charge in [-0.05, 0) is 37.9 Å². The van der Waals surface area contributed by atoms with E-state index in [2.05, 4.69) is 19.6 Å². The molecule has 0 aliphatic carbocycles. The summed E-state index contributed by atoms with van der Waals surface area (Å²) in [5.41, 5.74) is 6.66. The number of halogens is 2. The van der Waals surface area contributed by atoms with Crippen molar-refractivity contribution in [1.82, 2.24) is 14.9 Å². The molecule has 2 atom stereocenters. The SMILES string of the molecule is NC1OC2(CN3CCC2CC3)CN1c1nc2ccc(OC(F)F)nc2s1. The van der Waals surface area contributed by atoms with E-state index in [0.717, 1.165) is 32.5 Å². The van der Waals surface area contributed by atoms with Crippen LogP contribution in [0.5, 0.6) is 5.88 Å². The molecule has 6 rings (SSSR count). The van der Waals surface area contributed by atoms with E-state index in [4.69, 9.17) is 10.5 Å². The van der Waals surface area contributed by atoms with Gasteiger partial charge in [0.15, 0.2) is 11.5 Å². The highest BCUT2D eigenvalue weighted by Crippen LogP contribution is 2.44. The molecular formula is C16H19F2N5O2S. The summed E-state index contributed by atoms with van der Waals surface area (Å²) in [5, 5.41) is 0.697. The Morgan fingerprint density at radius 1 is 1.27 bits per heavy atom. The van der Waals surface area contributed by atoms with Crippen molar-refractivity contribution in [2.45, 2.75) is 31.4 Å². The van der Waals surface area contributed by atoms with Gasteiger partial charge in [-0.1, -0.05) is 11.3 Å². The second-order valence-corrected chi connectivity index (χ2v) is 8.06. The van der Waals surface area contributed by atoms with Gasteiger partial charge in [0, 0.05) is 12.6 Å². The molecule has 2 N–H and O–H groups in total. The van der Waals surface area contributed by atoms with Crippen molar-refractivity contribution in [3.63, 3.8) is 0 Å². The van der Waals surface area contributed by atoms with Gasteiger partial charge in [-0.3, -0.25) is 5.73 Å². The minimum atomic E-state index is -2.90. The molecule has 4 aliphatic heterocycles. The van der Waals surface area contributed by atoms with E-state index in [1.807, 2.05) is 4.90 Å². The number of pyridine rings is 1. The molecule has 2 aromatic heterocycles. The van der Waals surface area contributed by atoms with Gasteiger partial charge < -0.3 is 19.3 Å². The first-order valence-electron chi connectivity index (χ1n) is 8.67. The molecule has 2 aromatic rings. The van der Waals surface area contributed by atoms with Gasteiger partial charge in [0.1, 0.15) is 15.9 Å². The molecule has 0 radical (unpaired) electrons. The maximum absolute atomic E-state index is 12.4. The number of piperidine rings is 3. The normalized spacial score (nSPS) is 33.7. The van der Waals surface area contributed by atoms with Gasteiger partial charge >= 0.3 is 6.61 Å². The molecule has 2 unspecified atom stereocenters. The molecule has 4 saturated heterocycles. The molecule has 10 heteroatoms. The largest absolute Gasteiger partial charge is 0.417 e. The van der Waals surface area contributed by atoms with E-state index in [1.165, 1.54) is 17.4 Å². The number of ether oxygens (including phenoxy) is 2. The van der Waals surface area contributed by atoms with Crippen molar-refractivity contribution >= 4 is 26.8 Å². The van der Waals surface area contributed by atoms with Crippen LogP contribution in [0.4, 0.5) is 13.9 Å². The molecule has 0 amide bonds. The monoisotopic (exact) mass is 383 g/mol. The fourth-order valence-corrected chi connectivity index (χ4v) is 5.36. The first-order valence-corrected chi connectivity index (χ1v) is 9.49. The Morgan fingerprint density at radius 2 is 2.08 bits per heavy atom. The lowest BCUT2D eigenvalue weighted by Gasteiger charge is -2.50. The zero-order chi connectivity index (χ0) is 17.9. The van der Waals surface area contributed by atoms with Gasteiger partial charge in [-0.2, -0.15) is 8.78 Å². The minimum Gasteiger partial charge on any atom is -0.417 e. The summed E-state index contributed by atoms with van der Waals surface area (Å²) in [6.45, 7) is 0.947. The van der Waals surface area contributed by atoms with Crippen LogP contribution in [0.3, 0.4) is 0 Å². The molecule has 0 saturated carbocycles. The molecule has 140 valence electrons. The van der Waals surface area contributed by atoms with E-state index < -0.39 is 13.0 Å². The number of fused-ring (bicyclic) bond motifs is 3. The van der Waals surface area contributed by atoms with Crippen molar-refractivity contribution < 1.29 is 18.3 Å². The van der Waals surface area contributed by atoms with E-state index in [-0.39, 0.29) is 11.5 Å². The summed E-state index contributed by atoms with van der Waals surface area (Å²) < 4.78 is 35.4. The van der Waals surface area contributed by atoms with Crippen molar-refractivity contribution in [3.05, 3.63) is 12.1 Å². The van der Waals surface area contributed by atoms with E-state index in [9.17, 15) is 8.78 Å². The average molecular weight is 383 g/mol. The third-order valence-electron chi connectivity index (χ3n) is 5.60. The Hall–Kier alpha value is -1.62. The van der Waals surface area contributed by atoms with Crippen LogP contribution in [0.15, 0.2) is 12.1 Å². The van der Waals surface area contributed by atoms with Gasteiger partial charge in [0.05, 0.1) is 6.54 Å². The van der Waals surface area contributed by atoms with Gasteiger partial charge in [-0.15, -0.1) is 0 Å². The molecular weight excluding hydrogens is 364 g/mol. The number of hydrogen-bond donors (Lipinski definition) is 1. The first kappa shape index (κ1) is 16.5. The smallest absolute Gasteiger partial charge is 0.388 e. The molecule has 4 fully saturated rings. The highest BCUT2D eigenvalue weighted by Gasteiger charge is 2.54. The van der Waals surface area contributed by atoms with Crippen molar-refractivity contribution in [3.8, 4) is 5.88 Å². The van der Waals surface area contributed by atoms with E-state index >= 15 is 0 Å². The molecule has 2 bridgehead atoms. The summed E-state index contributed by atoms with van der Waals surface area (Å²) in [5.74, 6) is 0.403. The predicted octanol–water partition coefficient (Wildman–Crippen LogP) is 1.84. The number of nitrogens with two attached hydrogens (primary N) is 1. The summed E-state index contributed by atoms with van der Waals surface area (Å²) >= 11 is 1.31. The third kappa shape index (κ3) is 2.63.